The van der Waals surface area contributed by atoms with Crippen LogP contribution in [0.2, 0.25) is 0 Å². The van der Waals surface area contributed by atoms with E-state index in [-0.39, 0.29) is 11.4 Å². The molecule has 0 aromatic carbocycles. The standard InChI is InChI=1S/C7H13N3O/c1-7(2)5(6(8)11)4-10(3)9-7/h4,9H,1-3H3,(H2,8,11). The molecule has 0 unspecified atom stereocenters. The molecule has 4 heteroatoms. The lowest BCUT2D eigenvalue weighted by atomic mass is 9.97. The molecule has 1 heterocycles. The van der Waals surface area contributed by atoms with Crippen molar-refractivity contribution in [2.75, 3.05) is 7.05 Å². The Morgan fingerprint density at radius 2 is 2.27 bits per heavy atom. The van der Waals surface area contributed by atoms with Gasteiger partial charge in [-0.1, -0.05) is 0 Å². The second kappa shape index (κ2) is 2.23. The highest BCUT2D eigenvalue weighted by Crippen LogP contribution is 2.21. The number of hydrogen-bond donors (Lipinski definition) is 2. The number of primary amides is 1. The van der Waals surface area contributed by atoms with Crippen LogP contribution >= 0.6 is 0 Å². The molecule has 0 saturated carbocycles. The molecule has 1 rings (SSSR count). The molecule has 0 aromatic rings. The Balaban J connectivity index is 2.92. The molecule has 0 aromatic heterocycles. The zero-order chi connectivity index (χ0) is 8.65. The molecule has 1 aliphatic rings. The Morgan fingerprint density at radius 1 is 1.73 bits per heavy atom. The lowest BCUT2D eigenvalue weighted by Crippen LogP contribution is -2.44. The number of nitrogens with one attached hydrogen (secondary N) is 1. The Morgan fingerprint density at radius 3 is 2.45 bits per heavy atom. The van der Waals surface area contributed by atoms with E-state index in [1.165, 1.54) is 0 Å². The summed E-state index contributed by atoms with van der Waals surface area (Å²) in [6.45, 7) is 3.82. The molecule has 0 spiro atoms. The van der Waals surface area contributed by atoms with Gasteiger partial charge in [0.25, 0.3) is 0 Å². The molecular formula is C7H13N3O. The first-order chi connectivity index (χ1) is 4.93. The minimum Gasteiger partial charge on any atom is -0.366 e. The van der Waals surface area contributed by atoms with Crippen LogP contribution in [0, 0.1) is 0 Å². The molecule has 0 fully saturated rings. The fourth-order valence-electron chi connectivity index (χ4n) is 1.26. The molecule has 0 saturated heterocycles. The molecule has 0 radical (unpaired) electrons. The predicted octanol–water partition coefficient (Wildman–Crippen LogP) is -0.416. The van der Waals surface area contributed by atoms with Crippen molar-refractivity contribution in [2.45, 2.75) is 19.4 Å². The minimum absolute atomic E-state index is 0.333. The lowest BCUT2D eigenvalue weighted by Gasteiger charge is -2.22. The van der Waals surface area contributed by atoms with Gasteiger partial charge in [-0.25, -0.2) is 5.43 Å². The molecule has 62 valence electrons. The third-order valence-electron chi connectivity index (χ3n) is 1.72. The molecule has 1 aliphatic heterocycles. The topological polar surface area (TPSA) is 58.4 Å². The van der Waals surface area contributed by atoms with E-state index in [1.54, 1.807) is 11.2 Å². The summed E-state index contributed by atoms with van der Waals surface area (Å²) in [7, 11) is 1.83. The first kappa shape index (κ1) is 8.07. The predicted molar refractivity (Wildman–Crippen MR) is 42.3 cm³/mol. The number of amides is 1. The third kappa shape index (κ3) is 1.35. The van der Waals surface area contributed by atoms with Gasteiger partial charge in [-0.2, -0.15) is 0 Å². The van der Waals surface area contributed by atoms with Gasteiger partial charge in [0.15, 0.2) is 0 Å². The van der Waals surface area contributed by atoms with Gasteiger partial charge in [-0.05, 0) is 13.8 Å². The summed E-state index contributed by atoms with van der Waals surface area (Å²) < 4.78 is 0. The van der Waals surface area contributed by atoms with Crippen LogP contribution in [-0.2, 0) is 4.79 Å². The Hall–Kier alpha value is -1.03. The van der Waals surface area contributed by atoms with E-state index < -0.39 is 0 Å². The monoisotopic (exact) mass is 155 g/mol. The summed E-state index contributed by atoms with van der Waals surface area (Å²) >= 11 is 0. The van der Waals surface area contributed by atoms with Gasteiger partial charge in [0, 0.05) is 13.2 Å². The van der Waals surface area contributed by atoms with Gasteiger partial charge in [0.05, 0.1) is 11.1 Å². The van der Waals surface area contributed by atoms with Crippen molar-refractivity contribution in [1.82, 2.24) is 10.4 Å². The minimum atomic E-state index is -0.369. The summed E-state index contributed by atoms with van der Waals surface area (Å²) in [4.78, 5) is 10.9. The molecular weight excluding hydrogens is 142 g/mol. The van der Waals surface area contributed by atoms with Crippen molar-refractivity contribution in [2.24, 2.45) is 5.73 Å². The van der Waals surface area contributed by atoms with Crippen LogP contribution in [0.15, 0.2) is 11.8 Å². The van der Waals surface area contributed by atoms with E-state index in [2.05, 4.69) is 5.43 Å². The number of hydrogen-bond acceptors (Lipinski definition) is 3. The molecule has 0 atom stereocenters. The van der Waals surface area contributed by atoms with Crippen LogP contribution in [-0.4, -0.2) is 23.5 Å². The van der Waals surface area contributed by atoms with Gasteiger partial charge in [0.2, 0.25) is 5.91 Å². The van der Waals surface area contributed by atoms with Gasteiger partial charge < -0.3 is 10.7 Å². The number of carbonyl (C=O) groups is 1. The highest BCUT2D eigenvalue weighted by atomic mass is 16.1. The zero-order valence-electron chi connectivity index (χ0n) is 7.01. The van der Waals surface area contributed by atoms with Crippen LogP contribution in [0.25, 0.3) is 0 Å². The fraction of sp³-hybridized carbons (Fsp3) is 0.571. The third-order valence-corrected chi connectivity index (χ3v) is 1.72. The van der Waals surface area contributed by atoms with Crippen molar-refractivity contribution in [3.8, 4) is 0 Å². The number of hydrazine groups is 1. The molecule has 4 nitrogen and oxygen atoms in total. The second-order valence-electron chi connectivity index (χ2n) is 3.25. The van der Waals surface area contributed by atoms with Crippen LogP contribution in [0.1, 0.15) is 13.8 Å². The molecule has 11 heavy (non-hydrogen) atoms. The van der Waals surface area contributed by atoms with Crippen LogP contribution < -0.4 is 11.2 Å². The number of nitrogens with zero attached hydrogens (tertiary/aromatic N) is 1. The average Bonchev–Trinajstić information content (AvgIpc) is 2.04. The van der Waals surface area contributed by atoms with Crippen LogP contribution in [0.3, 0.4) is 0 Å². The quantitative estimate of drug-likeness (QED) is 0.541. The van der Waals surface area contributed by atoms with Gasteiger partial charge in [-0.3, -0.25) is 4.79 Å². The molecule has 1 amide bonds. The van der Waals surface area contributed by atoms with Crippen molar-refractivity contribution in [1.29, 1.82) is 0 Å². The number of rotatable bonds is 1. The maximum Gasteiger partial charge on any atom is 0.248 e. The Kier molecular flexibility index (Phi) is 1.64. The van der Waals surface area contributed by atoms with Gasteiger partial charge in [0.1, 0.15) is 0 Å². The molecule has 0 aliphatic carbocycles. The SMILES string of the molecule is CN1C=C(C(N)=O)C(C)(C)N1. The highest BCUT2D eigenvalue weighted by molar-refractivity contribution is 5.94. The van der Waals surface area contributed by atoms with Crippen molar-refractivity contribution >= 4 is 5.91 Å². The summed E-state index contributed by atoms with van der Waals surface area (Å²) in [5, 5.41) is 1.74. The van der Waals surface area contributed by atoms with E-state index in [0.717, 1.165) is 0 Å². The lowest BCUT2D eigenvalue weighted by molar-refractivity contribution is -0.115. The average molecular weight is 155 g/mol. The zero-order valence-corrected chi connectivity index (χ0v) is 7.01. The number of carbonyl (C=O) groups excluding carboxylic acids is 1. The number of nitrogens with two attached hydrogens (primary N) is 1. The second-order valence-corrected chi connectivity index (χ2v) is 3.25. The van der Waals surface area contributed by atoms with Gasteiger partial charge >= 0.3 is 0 Å². The van der Waals surface area contributed by atoms with E-state index >= 15 is 0 Å². The van der Waals surface area contributed by atoms with E-state index in [4.69, 9.17) is 5.73 Å². The van der Waals surface area contributed by atoms with E-state index in [0.29, 0.717) is 5.57 Å². The summed E-state index contributed by atoms with van der Waals surface area (Å²) in [6.07, 6.45) is 1.71. The Bertz CT molecular complexity index is 220. The Labute approximate surface area is 66.0 Å². The summed E-state index contributed by atoms with van der Waals surface area (Å²) in [6, 6.07) is 0. The summed E-state index contributed by atoms with van der Waals surface area (Å²) in [5.41, 5.74) is 8.50. The van der Waals surface area contributed by atoms with Crippen molar-refractivity contribution in [3.63, 3.8) is 0 Å². The molecule has 3 N–H and O–H groups in total. The van der Waals surface area contributed by atoms with Crippen molar-refractivity contribution < 1.29 is 4.79 Å². The maximum atomic E-state index is 10.9. The van der Waals surface area contributed by atoms with Crippen molar-refractivity contribution in [3.05, 3.63) is 11.8 Å². The first-order valence-electron chi connectivity index (χ1n) is 3.46. The molecule has 0 bridgehead atoms. The van der Waals surface area contributed by atoms with Crippen LogP contribution in [0.4, 0.5) is 0 Å². The van der Waals surface area contributed by atoms with Gasteiger partial charge in [-0.15, -0.1) is 0 Å². The smallest absolute Gasteiger partial charge is 0.248 e. The normalized spacial score (nSPS) is 21.7. The summed E-state index contributed by atoms with van der Waals surface area (Å²) in [5.74, 6) is -0.369. The maximum absolute atomic E-state index is 10.9. The first-order valence-corrected chi connectivity index (χ1v) is 3.46. The van der Waals surface area contributed by atoms with E-state index in [1.807, 2.05) is 20.9 Å². The highest BCUT2D eigenvalue weighted by Gasteiger charge is 2.32. The fourth-order valence-corrected chi connectivity index (χ4v) is 1.26. The largest absolute Gasteiger partial charge is 0.366 e. The van der Waals surface area contributed by atoms with Crippen LogP contribution in [0.5, 0.6) is 0 Å². The van der Waals surface area contributed by atoms with E-state index in [9.17, 15) is 4.79 Å².